The molecule has 0 aliphatic carbocycles. The molecule has 0 saturated carbocycles. The molecule has 0 aliphatic heterocycles. The van der Waals surface area contributed by atoms with Gasteiger partial charge in [-0.05, 0) is 6.07 Å². The average molecular weight is 126 g/mol. The zero-order chi connectivity index (χ0) is 6.69. The summed E-state index contributed by atoms with van der Waals surface area (Å²) in [7, 11) is 3.55. The lowest BCUT2D eigenvalue weighted by molar-refractivity contribution is 0.181. The lowest BCUT2D eigenvalue weighted by atomic mass is 10.5. The number of hydrogen-bond donors (Lipinski definition) is 0. The van der Waals surface area contributed by atoms with Crippen molar-refractivity contribution in [1.82, 2.24) is 9.78 Å². The minimum atomic E-state index is 0.598. The number of rotatable bonds is 2. The van der Waals surface area contributed by atoms with Crippen molar-refractivity contribution in [2.24, 2.45) is 7.05 Å². The zero-order valence-corrected chi connectivity index (χ0v) is 5.66. The highest BCUT2D eigenvalue weighted by atomic mass is 16.5. The standard InChI is InChI=1S/C6H10N2O/c1-8-4-3-6(7-8)5-9-2/h3-4H,5H2,1-2H3. The molecule has 0 spiro atoms. The number of methoxy groups -OCH3 is 1. The lowest BCUT2D eigenvalue weighted by Gasteiger charge is -1.89. The molecule has 1 aromatic heterocycles. The summed E-state index contributed by atoms with van der Waals surface area (Å²) in [5.41, 5.74) is 0.972. The summed E-state index contributed by atoms with van der Waals surface area (Å²) in [5.74, 6) is 0. The third kappa shape index (κ3) is 1.54. The molecule has 0 unspecified atom stereocenters. The second kappa shape index (κ2) is 2.64. The Hall–Kier alpha value is -0.830. The molecule has 0 aliphatic rings. The van der Waals surface area contributed by atoms with Gasteiger partial charge in [0, 0.05) is 20.4 Å². The molecule has 0 N–H and O–H groups in total. The number of nitrogens with zero attached hydrogens (tertiary/aromatic N) is 2. The molecule has 1 heterocycles. The van der Waals surface area contributed by atoms with Crippen molar-refractivity contribution in [2.75, 3.05) is 7.11 Å². The molecule has 3 heteroatoms. The van der Waals surface area contributed by atoms with Crippen LogP contribution in [0.1, 0.15) is 5.69 Å². The van der Waals surface area contributed by atoms with Gasteiger partial charge in [-0.2, -0.15) is 5.10 Å². The first-order valence-corrected chi connectivity index (χ1v) is 2.80. The Balaban J connectivity index is 2.61. The van der Waals surface area contributed by atoms with E-state index >= 15 is 0 Å². The maximum Gasteiger partial charge on any atom is 0.0902 e. The molecular formula is C6H10N2O. The number of ether oxygens (including phenoxy) is 1. The molecule has 0 aromatic carbocycles. The van der Waals surface area contributed by atoms with Gasteiger partial charge in [0.25, 0.3) is 0 Å². The maximum absolute atomic E-state index is 4.87. The van der Waals surface area contributed by atoms with Crippen molar-refractivity contribution < 1.29 is 4.74 Å². The van der Waals surface area contributed by atoms with Gasteiger partial charge in [-0.1, -0.05) is 0 Å². The summed E-state index contributed by atoms with van der Waals surface area (Å²) in [6.45, 7) is 0.598. The topological polar surface area (TPSA) is 27.1 Å². The predicted molar refractivity (Wildman–Crippen MR) is 33.9 cm³/mol. The molecule has 0 atom stereocenters. The van der Waals surface area contributed by atoms with Crippen LogP contribution in [0.25, 0.3) is 0 Å². The molecule has 0 amide bonds. The highest BCUT2D eigenvalue weighted by Gasteiger charge is 1.92. The maximum atomic E-state index is 4.87. The van der Waals surface area contributed by atoms with E-state index in [0.717, 1.165) is 5.69 Å². The largest absolute Gasteiger partial charge is 0.378 e. The van der Waals surface area contributed by atoms with Gasteiger partial charge < -0.3 is 4.74 Å². The van der Waals surface area contributed by atoms with Crippen LogP contribution in [-0.4, -0.2) is 16.9 Å². The van der Waals surface area contributed by atoms with Crippen molar-refractivity contribution in [2.45, 2.75) is 6.61 Å². The normalized spacial score (nSPS) is 10.0. The Kier molecular flexibility index (Phi) is 1.85. The van der Waals surface area contributed by atoms with Crippen LogP contribution in [0.5, 0.6) is 0 Å². The van der Waals surface area contributed by atoms with Crippen molar-refractivity contribution in [3.05, 3.63) is 18.0 Å². The molecule has 50 valence electrons. The molecule has 9 heavy (non-hydrogen) atoms. The van der Waals surface area contributed by atoms with E-state index in [4.69, 9.17) is 4.74 Å². The third-order valence-electron chi connectivity index (χ3n) is 1.06. The Labute approximate surface area is 54.2 Å². The zero-order valence-electron chi connectivity index (χ0n) is 5.66. The third-order valence-corrected chi connectivity index (χ3v) is 1.06. The second-order valence-corrected chi connectivity index (χ2v) is 1.91. The average Bonchev–Trinajstić information content (AvgIpc) is 2.17. The molecule has 1 rings (SSSR count). The van der Waals surface area contributed by atoms with E-state index in [9.17, 15) is 0 Å². The molecule has 0 bridgehead atoms. The number of aromatic nitrogens is 2. The molecule has 0 fully saturated rings. The number of aryl methyl sites for hydroxylation is 1. The summed E-state index contributed by atoms with van der Waals surface area (Å²) in [6.07, 6.45) is 1.90. The summed E-state index contributed by atoms with van der Waals surface area (Å²) < 4.78 is 6.62. The van der Waals surface area contributed by atoms with Gasteiger partial charge in [0.15, 0.2) is 0 Å². The second-order valence-electron chi connectivity index (χ2n) is 1.91. The van der Waals surface area contributed by atoms with Crippen LogP contribution < -0.4 is 0 Å². The highest BCUT2D eigenvalue weighted by molar-refractivity contribution is 4.96. The fourth-order valence-corrected chi connectivity index (χ4v) is 0.688. The van der Waals surface area contributed by atoms with Crippen molar-refractivity contribution in [3.8, 4) is 0 Å². The van der Waals surface area contributed by atoms with Crippen LogP contribution in [0.2, 0.25) is 0 Å². The van der Waals surface area contributed by atoms with Crippen LogP contribution >= 0.6 is 0 Å². The monoisotopic (exact) mass is 126 g/mol. The van der Waals surface area contributed by atoms with Crippen LogP contribution in [0, 0.1) is 0 Å². The van der Waals surface area contributed by atoms with E-state index in [-0.39, 0.29) is 0 Å². The van der Waals surface area contributed by atoms with Crippen LogP contribution in [0.15, 0.2) is 12.3 Å². The fourth-order valence-electron chi connectivity index (χ4n) is 0.688. The first-order chi connectivity index (χ1) is 4.33. The van der Waals surface area contributed by atoms with E-state index in [1.807, 2.05) is 19.3 Å². The first kappa shape index (κ1) is 6.29. The van der Waals surface area contributed by atoms with Gasteiger partial charge in [-0.15, -0.1) is 0 Å². The molecule has 0 saturated heterocycles. The Morgan fingerprint density at radius 1 is 1.78 bits per heavy atom. The SMILES string of the molecule is COCc1ccn(C)n1. The summed E-state index contributed by atoms with van der Waals surface area (Å²) in [5, 5.41) is 4.09. The van der Waals surface area contributed by atoms with E-state index in [0.29, 0.717) is 6.61 Å². The van der Waals surface area contributed by atoms with E-state index in [2.05, 4.69) is 5.10 Å². The smallest absolute Gasteiger partial charge is 0.0902 e. The molecule has 3 nitrogen and oxygen atoms in total. The minimum Gasteiger partial charge on any atom is -0.378 e. The van der Waals surface area contributed by atoms with Gasteiger partial charge >= 0.3 is 0 Å². The molecular weight excluding hydrogens is 116 g/mol. The number of hydrogen-bond acceptors (Lipinski definition) is 2. The summed E-state index contributed by atoms with van der Waals surface area (Å²) in [6, 6.07) is 1.93. The van der Waals surface area contributed by atoms with Crippen LogP contribution in [-0.2, 0) is 18.4 Å². The quantitative estimate of drug-likeness (QED) is 0.579. The Bertz CT molecular complexity index is 183. The Morgan fingerprint density at radius 3 is 3.00 bits per heavy atom. The first-order valence-electron chi connectivity index (χ1n) is 2.80. The molecule has 1 aromatic rings. The van der Waals surface area contributed by atoms with Crippen LogP contribution in [0.4, 0.5) is 0 Å². The van der Waals surface area contributed by atoms with Crippen molar-refractivity contribution in [1.29, 1.82) is 0 Å². The lowest BCUT2D eigenvalue weighted by Crippen LogP contribution is -1.91. The highest BCUT2D eigenvalue weighted by Crippen LogP contribution is 1.93. The van der Waals surface area contributed by atoms with Gasteiger partial charge in [0.1, 0.15) is 0 Å². The van der Waals surface area contributed by atoms with E-state index < -0.39 is 0 Å². The Morgan fingerprint density at radius 2 is 2.56 bits per heavy atom. The van der Waals surface area contributed by atoms with Gasteiger partial charge in [0.2, 0.25) is 0 Å². The van der Waals surface area contributed by atoms with Gasteiger partial charge in [-0.3, -0.25) is 4.68 Å². The van der Waals surface area contributed by atoms with Crippen molar-refractivity contribution in [3.63, 3.8) is 0 Å². The summed E-state index contributed by atoms with van der Waals surface area (Å²) >= 11 is 0. The molecule has 0 radical (unpaired) electrons. The van der Waals surface area contributed by atoms with Crippen molar-refractivity contribution >= 4 is 0 Å². The predicted octanol–water partition coefficient (Wildman–Crippen LogP) is 0.567. The van der Waals surface area contributed by atoms with E-state index in [1.165, 1.54) is 0 Å². The van der Waals surface area contributed by atoms with Gasteiger partial charge in [0.05, 0.1) is 12.3 Å². The fraction of sp³-hybridized carbons (Fsp3) is 0.500. The minimum absolute atomic E-state index is 0.598. The van der Waals surface area contributed by atoms with Gasteiger partial charge in [-0.25, -0.2) is 0 Å². The summed E-state index contributed by atoms with van der Waals surface area (Å²) in [4.78, 5) is 0. The van der Waals surface area contributed by atoms with E-state index in [1.54, 1.807) is 11.8 Å². The van der Waals surface area contributed by atoms with Crippen LogP contribution in [0.3, 0.4) is 0 Å².